The lowest BCUT2D eigenvalue weighted by molar-refractivity contribution is -0.907. The first-order chi connectivity index (χ1) is 9.15. The van der Waals surface area contributed by atoms with E-state index in [2.05, 4.69) is 15.9 Å². The van der Waals surface area contributed by atoms with Crippen LogP contribution in [0.1, 0.15) is 36.5 Å². The van der Waals surface area contributed by atoms with Crippen LogP contribution in [0.3, 0.4) is 0 Å². The summed E-state index contributed by atoms with van der Waals surface area (Å²) in [5.74, 6) is -0.231. The van der Waals surface area contributed by atoms with Gasteiger partial charge in [-0.25, -0.2) is 4.79 Å². The number of likely N-dealkylation sites (tertiary alicyclic amines) is 1. The number of ether oxygens (including phenoxy) is 1. The molecule has 3 nitrogen and oxygen atoms in total. The predicted molar refractivity (Wildman–Crippen MR) is 78.4 cm³/mol. The van der Waals surface area contributed by atoms with E-state index in [0.717, 1.165) is 11.0 Å². The van der Waals surface area contributed by atoms with Gasteiger partial charge in [0.2, 0.25) is 0 Å². The molecule has 1 aromatic carbocycles. The normalized spacial score (nSPS) is 18.0. The van der Waals surface area contributed by atoms with E-state index in [0.29, 0.717) is 5.56 Å². The van der Waals surface area contributed by atoms with Crippen LogP contribution in [-0.4, -0.2) is 31.7 Å². The molecule has 0 bridgehead atoms. The second-order valence-electron chi connectivity index (χ2n) is 5.24. The molecular formula is C15H21BrNO2+. The van der Waals surface area contributed by atoms with Crippen molar-refractivity contribution in [3.63, 3.8) is 0 Å². The minimum absolute atomic E-state index is 0.0282. The van der Waals surface area contributed by atoms with Gasteiger partial charge in [-0.05, 0) is 44.4 Å². The summed E-state index contributed by atoms with van der Waals surface area (Å²) in [5, 5.41) is 0. The molecule has 4 heteroatoms. The summed E-state index contributed by atoms with van der Waals surface area (Å²) < 4.78 is 6.41. The smallest absolute Gasteiger partial charge is 0.338 e. The number of rotatable bonds is 4. The fourth-order valence-corrected chi connectivity index (χ4v) is 2.97. The molecule has 1 aromatic rings. The zero-order valence-corrected chi connectivity index (χ0v) is 12.9. The SMILES string of the molecule is C[C@@H](C[NH+]1CCCCC1)OC(=O)c1cccc(Br)c1. The summed E-state index contributed by atoms with van der Waals surface area (Å²) in [4.78, 5) is 13.6. The van der Waals surface area contributed by atoms with Crippen LogP contribution in [0, 0.1) is 0 Å². The number of esters is 1. The van der Waals surface area contributed by atoms with Gasteiger partial charge in [-0.15, -0.1) is 0 Å². The number of quaternary nitrogens is 1. The minimum Gasteiger partial charge on any atom is -0.453 e. The molecule has 1 saturated heterocycles. The largest absolute Gasteiger partial charge is 0.453 e. The molecule has 0 spiro atoms. The lowest BCUT2D eigenvalue weighted by atomic mass is 10.1. The van der Waals surface area contributed by atoms with Crippen LogP contribution in [0.5, 0.6) is 0 Å². The molecule has 1 aliphatic rings. The van der Waals surface area contributed by atoms with Crippen molar-refractivity contribution in [1.82, 2.24) is 0 Å². The van der Waals surface area contributed by atoms with Crippen LogP contribution in [-0.2, 0) is 4.74 Å². The average molecular weight is 327 g/mol. The maximum Gasteiger partial charge on any atom is 0.338 e. The third-order valence-corrected chi connectivity index (χ3v) is 4.00. The van der Waals surface area contributed by atoms with Crippen molar-refractivity contribution in [3.8, 4) is 0 Å². The van der Waals surface area contributed by atoms with Crippen LogP contribution in [0.15, 0.2) is 28.7 Å². The Morgan fingerprint density at radius 2 is 2.11 bits per heavy atom. The highest BCUT2D eigenvalue weighted by molar-refractivity contribution is 9.10. The van der Waals surface area contributed by atoms with Crippen molar-refractivity contribution < 1.29 is 14.4 Å². The van der Waals surface area contributed by atoms with Gasteiger partial charge in [0.25, 0.3) is 0 Å². The van der Waals surface area contributed by atoms with Gasteiger partial charge in [0.1, 0.15) is 12.6 Å². The van der Waals surface area contributed by atoms with Crippen molar-refractivity contribution in [3.05, 3.63) is 34.3 Å². The highest BCUT2D eigenvalue weighted by Crippen LogP contribution is 2.13. The summed E-state index contributed by atoms with van der Waals surface area (Å²) >= 11 is 3.36. The van der Waals surface area contributed by atoms with Crippen LogP contribution in [0.2, 0.25) is 0 Å². The standard InChI is InChI=1S/C15H20BrNO2/c1-12(11-17-8-3-2-4-9-17)19-15(18)13-6-5-7-14(16)10-13/h5-7,10,12H,2-4,8-9,11H2,1H3/p+1/t12-/m0/s1. The van der Waals surface area contributed by atoms with Gasteiger partial charge in [0.05, 0.1) is 18.7 Å². The second kappa shape index (κ2) is 7.06. The van der Waals surface area contributed by atoms with Crippen LogP contribution in [0.25, 0.3) is 0 Å². The van der Waals surface area contributed by atoms with Gasteiger partial charge in [-0.3, -0.25) is 0 Å². The number of nitrogens with one attached hydrogen (secondary N) is 1. The molecule has 1 aliphatic heterocycles. The van der Waals surface area contributed by atoms with E-state index in [1.165, 1.54) is 32.4 Å². The van der Waals surface area contributed by atoms with Crippen molar-refractivity contribution in [2.75, 3.05) is 19.6 Å². The highest BCUT2D eigenvalue weighted by atomic mass is 79.9. The van der Waals surface area contributed by atoms with Crippen LogP contribution >= 0.6 is 15.9 Å². The Hall–Kier alpha value is -0.870. The number of hydrogen-bond acceptors (Lipinski definition) is 2. The average Bonchev–Trinajstić information content (AvgIpc) is 2.39. The molecule has 1 heterocycles. The Kier molecular flexibility index (Phi) is 5.40. The molecule has 1 fully saturated rings. The number of carbonyl (C=O) groups is 1. The summed E-state index contributed by atoms with van der Waals surface area (Å²) in [6.45, 7) is 5.31. The van der Waals surface area contributed by atoms with Crippen molar-refractivity contribution in [2.45, 2.75) is 32.3 Å². The molecule has 2 rings (SSSR count). The van der Waals surface area contributed by atoms with Gasteiger partial charge >= 0.3 is 5.97 Å². The molecule has 0 aromatic heterocycles. The molecule has 0 unspecified atom stereocenters. The van der Waals surface area contributed by atoms with E-state index >= 15 is 0 Å². The summed E-state index contributed by atoms with van der Waals surface area (Å²) in [6.07, 6.45) is 3.90. The molecule has 104 valence electrons. The fourth-order valence-electron chi connectivity index (χ4n) is 2.57. The molecule has 1 atom stereocenters. The zero-order chi connectivity index (χ0) is 13.7. The molecule has 0 aliphatic carbocycles. The van der Waals surface area contributed by atoms with Gasteiger partial charge in [-0.1, -0.05) is 22.0 Å². The van der Waals surface area contributed by atoms with Gasteiger partial charge in [0.15, 0.2) is 0 Å². The van der Waals surface area contributed by atoms with Crippen molar-refractivity contribution in [1.29, 1.82) is 0 Å². The molecule has 0 radical (unpaired) electrons. The monoisotopic (exact) mass is 326 g/mol. The summed E-state index contributed by atoms with van der Waals surface area (Å²) in [7, 11) is 0. The highest BCUT2D eigenvalue weighted by Gasteiger charge is 2.19. The van der Waals surface area contributed by atoms with E-state index in [-0.39, 0.29) is 12.1 Å². The van der Waals surface area contributed by atoms with Crippen LogP contribution < -0.4 is 4.90 Å². The Bertz CT molecular complexity index is 430. The van der Waals surface area contributed by atoms with E-state index in [1.54, 1.807) is 17.0 Å². The first kappa shape index (κ1) is 14.5. The van der Waals surface area contributed by atoms with E-state index < -0.39 is 0 Å². The number of carbonyl (C=O) groups excluding carboxylic acids is 1. The number of halogens is 1. The number of piperidine rings is 1. The first-order valence-corrected chi connectivity index (χ1v) is 7.74. The maximum atomic E-state index is 12.0. The third kappa shape index (κ3) is 4.62. The second-order valence-corrected chi connectivity index (χ2v) is 6.16. The Labute approximate surface area is 123 Å². The molecule has 1 N–H and O–H groups in total. The van der Waals surface area contributed by atoms with E-state index in [1.807, 2.05) is 19.1 Å². The topological polar surface area (TPSA) is 30.7 Å². The van der Waals surface area contributed by atoms with E-state index in [4.69, 9.17) is 4.74 Å². The Morgan fingerprint density at radius 1 is 1.37 bits per heavy atom. The lowest BCUT2D eigenvalue weighted by Crippen LogP contribution is -3.13. The lowest BCUT2D eigenvalue weighted by Gasteiger charge is -2.26. The van der Waals surface area contributed by atoms with Crippen LogP contribution in [0.4, 0.5) is 0 Å². The Balaban J connectivity index is 1.84. The fraction of sp³-hybridized carbons (Fsp3) is 0.533. The Morgan fingerprint density at radius 3 is 2.79 bits per heavy atom. The number of hydrogen-bond donors (Lipinski definition) is 1. The van der Waals surface area contributed by atoms with Gasteiger partial charge in [-0.2, -0.15) is 0 Å². The minimum atomic E-state index is -0.231. The maximum absolute atomic E-state index is 12.0. The molecule has 0 amide bonds. The van der Waals surface area contributed by atoms with Crippen molar-refractivity contribution in [2.24, 2.45) is 0 Å². The zero-order valence-electron chi connectivity index (χ0n) is 11.3. The van der Waals surface area contributed by atoms with E-state index in [9.17, 15) is 4.79 Å². The quantitative estimate of drug-likeness (QED) is 0.859. The molecular weight excluding hydrogens is 306 g/mol. The third-order valence-electron chi connectivity index (χ3n) is 3.51. The van der Waals surface area contributed by atoms with Gasteiger partial charge in [0, 0.05) is 4.47 Å². The van der Waals surface area contributed by atoms with Gasteiger partial charge < -0.3 is 9.64 Å². The molecule has 0 saturated carbocycles. The summed E-state index contributed by atoms with van der Waals surface area (Å²) in [6, 6.07) is 7.33. The summed E-state index contributed by atoms with van der Waals surface area (Å²) in [5.41, 5.74) is 0.606. The predicted octanol–water partition coefficient (Wildman–Crippen LogP) is 2.06. The molecule has 19 heavy (non-hydrogen) atoms. The first-order valence-electron chi connectivity index (χ1n) is 6.95. The number of benzene rings is 1. The van der Waals surface area contributed by atoms with Crippen molar-refractivity contribution >= 4 is 21.9 Å².